The maximum absolute atomic E-state index is 12.8. The van der Waals surface area contributed by atoms with Crippen LogP contribution < -0.4 is 0 Å². The average molecular weight is 457 g/mol. The van der Waals surface area contributed by atoms with Crippen LogP contribution in [0.1, 0.15) is 11.1 Å². The minimum absolute atomic E-state index is 0.225. The van der Waals surface area contributed by atoms with Crippen LogP contribution in [0.5, 0.6) is 5.75 Å². The third kappa shape index (κ3) is 6.23. The van der Waals surface area contributed by atoms with Gasteiger partial charge in [-0.1, -0.05) is 48.0 Å². The van der Waals surface area contributed by atoms with Gasteiger partial charge < -0.3 is 14.9 Å². The van der Waals surface area contributed by atoms with E-state index in [1.54, 1.807) is 18.2 Å². The molecule has 6 nitrogen and oxygen atoms in total. The van der Waals surface area contributed by atoms with Crippen molar-refractivity contribution in [2.75, 3.05) is 65.4 Å². The van der Waals surface area contributed by atoms with Gasteiger partial charge in [0.1, 0.15) is 5.75 Å². The highest BCUT2D eigenvalue weighted by Gasteiger charge is 2.25. The molecule has 2 fully saturated rings. The summed E-state index contributed by atoms with van der Waals surface area (Å²) < 4.78 is 0. The number of aromatic hydroxyl groups is 1. The number of piperazine rings is 2. The zero-order valence-electron chi connectivity index (χ0n) is 18.6. The topological polar surface area (TPSA) is 50.3 Å². The van der Waals surface area contributed by atoms with Gasteiger partial charge in [0.15, 0.2) is 0 Å². The van der Waals surface area contributed by atoms with E-state index >= 15 is 0 Å². The Balaban J connectivity index is 1.16. The number of amides is 1. The second kappa shape index (κ2) is 11.1. The van der Waals surface area contributed by atoms with E-state index in [0.717, 1.165) is 70.9 Å². The van der Waals surface area contributed by atoms with E-state index in [-0.39, 0.29) is 11.7 Å². The first kappa shape index (κ1) is 23.1. The highest BCUT2D eigenvalue weighted by Crippen LogP contribution is 2.27. The van der Waals surface area contributed by atoms with E-state index in [4.69, 9.17) is 11.6 Å². The third-order valence-electron chi connectivity index (χ3n) is 6.58. The fourth-order valence-corrected chi connectivity index (χ4v) is 4.71. The lowest BCUT2D eigenvalue weighted by atomic mass is 10.1. The molecule has 2 aliphatic rings. The van der Waals surface area contributed by atoms with Crippen LogP contribution in [0.4, 0.5) is 0 Å². The number of phenolic OH excluding ortho intramolecular Hbond substituents is 1. The van der Waals surface area contributed by atoms with Crippen LogP contribution in [-0.2, 0) is 17.8 Å². The molecule has 0 aromatic heterocycles. The van der Waals surface area contributed by atoms with Crippen molar-refractivity contribution < 1.29 is 9.90 Å². The standard InChI is InChI=1S/C25H33ClN4O2/c26-23-7-4-8-24(31)22(23)19-28-15-17-30(18-16-28)25(32)20-29-13-11-27(12-14-29)10-9-21-5-2-1-3-6-21/h1-8,31H,9-20H2. The number of carbonyl (C=O) groups is 1. The summed E-state index contributed by atoms with van der Waals surface area (Å²) in [5.41, 5.74) is 2.15. The molecule has 0 aliphatic carbocycles. The number of benzene rings is 2. The molecule has 2 saturated heterocycles. The van der Waals surface area contributed by atoms with Crippen LogP contribution in [0, 0.1) is 0 Å². The van der Waals surface area contributed by atoms with Crippen molar-refractivity contribution in [3.8, 4) is 5.75 Å². The molecule has 1 amide bonds. The van der Waals surface area contributed by atoms with Crippen molar-refractivity contribution >= 4 is 17.5 Å². The fourth-order valence-electron chi connectivity index (χ4n) is 4.48. The maximum atomic E-state index is 12.8. The van der Waals surface area contributed by atoms with Crippen molar-refractivity contribution in [2.24, 2.45) is 0 Å². The van der Waals surface area contributed by atoms with Crippen LogP contribution in [0.25, 0.3) is 0 Å². The largest absolute Gasteiger partial charge is 0.508 e. The summed E-state index contributed by atoms with van der Waals surface area (Å²) in [4.78, 5) is 21.8. The molecule has 1 N–H and O–H groups in total. The summed E-state index contributed by atoms with van der Waals surface area (Å²) in [6.45, 7) is 9.18. The molecule has 4 rings (SSSR count). The molecule has 0 bridgehead atoms. The Bertz CT molecular complexity index is 859. The molecular weight excluding hydrogens is 424 g/mol. The molecule has 0 unspecified atom stereocenters. The van der Waals surface area contributed by atoms with E-state index in [0.29, 0.717) is 18.1 Å². The minimum atomic E-state index is 0.225. The SMILES string of the molecule is O=C(CN1CCN(CCc2ccccc2)CC1)N1CCN(Cc2c(O)cccc2Cl)CC1. The predicted octanol–water partition coefficient (Wildman–Crippen LogP) is 2.55. The highest BCUT2D eigenvalue weighted by atomic mass is 35.5. The van der Waals surface area contributed by atoms with Gasteiger partial charge in [-0.25, -0.2) is 0 Å². The van der Waals surface area contributed by atoms with Crippen molar-refractivity contribution in [1.82, 2.24) is 19.6 Å². The van der Waals surface area contributed by atoms with E-state index in [1.807, 2.05) is 4.90 Å². The maximum Gasteiger partial charge on any atom is 0.236 e. The Kier molecular flexibility index (Phi) is 8.03. The van der Waals surface area contributed by atoms with E-state index < -0.39 is 0 Å². The lowest BCUT2D eigenvalue weighted by molar-refractivity contribution is -0.134. The molecule has 0 atom stereocenters. The van der Waals surface area contributed by atoms with Gasteiger partial charge in [0, 0.05) is 76.0 Å². The lowest BCUT2D eigenvalue weighted by Crippen LogP contribution is -2.53. The van der Waals surface area contributed by atoms with Crippen molar-refractivity contribution in [1.29, 1.82) is 0 Å². The van der Waals surface area contributed by atoms with Gasteiger partial charge in [-0.2, -0.15) is 0 Å². The Morgan fingerprint density at radius 2 is 1.47 bits per heavy atom. The van der Waals surface area contributed by atoms with Crippen LogP contribution in [0.2, 0.25) is 5.02 Å². The number of halogens is 1. The number of hydrogen-bond donors (Lipinski definition) is 1. The number of carbonyl (C=O) groups excluding carboxylic acids is 1. The van der Waals surface area contributed by atoms with Crippen molar-refractivity contribution in [3.05, 3.63) is 64.7 Å². The summed E-state index contributed by atoms with van der Waals surface area (Å²) in [6, 6.07) is 15.8. The summed E-state index contributed by atoms with van der Waals surface area (Å²) in [5, 5.41) is 10.7. The Morgan fingerprint density at radius 3 is 2.16 bits per heavy atom. The van der Waals surface area contributed by atoms with Crippen LogP contribution in [-0.4, -0.2) is 96.1 Å². The molecule has 7 heteroatoms. The Labute approximate surface area is 196 Å². The van der Waals surface area contributed by atoms with Gasteiger partial charge in [0.25, 0.3) is 0 Å². The highest BCUT2D eigenvalue weighted by molar-refractivity contribution is 6.31. The molecule has 2 aliphatic heterocycles. The lowest BCUT2D eigenvalue weighted by Gasteiger charge is -2.38. The van der Waals surface area contributed by atoms with E-state index in [9.17, 15) is 9.90 Å². The zero-order valence-corrected chi connectivity index (χ0v) is 19.4. The monoisotopic (exact) mass is 456 g/mol. The molecule has 0 radical (unpaired) electrons. The summed E-state index contributed by atoms with van der Waals surface area (Å²) in [5.74, 6) is 0.460. The van der Waals surface area contributed by atoms with Gasteiger partial charge >= 0.3 is 0 Å². The first-order valence-corrected chi connectivity index (χ1v) is 11.9. The molecule has 2 aromatic carbocycles. The third-order valence-corrected chi connectivity index (χ3v) is 6.94. The first-order chi connectivity index (χ1) is 15.6. The van der Waals surface area contributed by atoms with Gasteiger partial charge in [0.2, 0.25) is 5.91 Å². The summed E-state index contributed by atoms with van der Waals surface area (Å²) in [7, 11) is 0. The van der Waals surface area contributed by atoms with Gasteiger partial charge in [-0.05, 0) is 24.1 Å². The normalized spacial score (nSPS) is 18.7. The smallest absolute Gasteiger partial charge is 0.236 e. The molecular formula is C25H33ClN4O2. The second-order valence-electron chi connectivity index (χ2n) is 8.75. The molecule has 172 valence electrons. The number of hydrogen-bond acceptors (Lipinski definition) is 5. The van der Waals surface area contributed by atoms with E-state index in [1.165, 1.54) is 5.56 Å². The van der Waals surface area contributed by atoms with Crippen LogP contribution >= 0.6 is 11.6 Å². The second-order valence-corrected chi connectivity index (χ2v) is 9.16. The van der Waals surface area contributed by atoms with Crippen LogP contribution in [0.3, 0.4) is 0 Å². The number of phenols is 1. The fraction of sp³-hybridized carbons (Fsp3) is 0.480. The van der Waals surface area contributed by atoms with Gasteiger partial charge in [0.05, 0.1) is 6.54 Å². The van der Waals surface area contributed by atoms with Crippen molar-refractivity contribution in [2.45, 2.75) is 13.0 Å². The van der Waals surface area contributed by atoms with Crippen LogP contribution in [0.15, 0.2) is 48.5 Å². The average Bonchev–Trinajstić information content (AvgIpc) is 2.82. The van der Waals surface area contributed by atoms with Crippen molar-refractivity contribution in [3.63, 3.8) is 0 Å². The predicted molar refractivity (Wildman–Crippen MR) is 128 cm³/mol. The van der Waals surface area contributed by atoms with E-state index in [2.05, 4.69) is 45.0 Å². The minimum Gasteiger partial charge on any atom is -0.508 e. The van der Waals surface area contributed by atoms with Gasteiger partial charge in [-0.15, -0.1) is 0 Å². The quantitative estimate of drug-likeness (QED) is 0.694. The Hall–Kier alpha value is -2.12. The first-order valence-electron chi connectivity index (χ1n) is 11.5. The summed E-state index contributed by atoms with van der Waals surface area (Å²) in [6.07, 6.45) is 1.08. The molecule has 2 heterocycles. The molecule has 32 heavy (non-hydrogen) atoms. The molecule has 0 saturated carbocycles. The molecule has 0 spiro atoms. The summed E-state index contributed by atoms with van der Waals surface area (Å²) >= 11 is 6.24. The zero-order chi connectivity index (χ0) is 22.3. The number of rotatable bonds is 7. The van der Waals surface area contributed by atoms with Gasteiger partial charge in [-0.3, -0.25) is 14.6 Å². The molecule has 2 aromatic rings. The number of nitrogens with zero attached hydrogens (tertiary/aromatic N) is 4. The Morgan fingerprint density at radius 1 is 0.812 bits per heavy atom.